The number of carbonyl (C=O) groups excluding carboxylic acids is 3. The number of amides is 4. The molecule has 2 aromatic carbocycles. The zero-order valence-corrected chi connectivity index (χ0v) is 16.2. The second-order valence-electron chi connectivity index (χ2n) is 5.88. The molecule has 0 spiro atoms. The van der Waals surface area contributed by atoms with E-state index in [9.17, 15) is 18.8 Å². The first-order valence-corrected chi connectivity index (χ1v) is 8.91. The topological polar surface area (TPSA) is 84.9 Å². The van der Waals surface area contributed by atoms with Gasteiger partial charge in [0.15, 0.2) is 11.5 Å². The molecule has 0 aromatic heterocycles. The van der Waals surface area contributed by atoms with Crippen LogP contribution in [0.2, 0.25) is 5.02 Å². The second kappa shape index (κ2) is 8.32. The molecule has 0 bridgehead atoms. The minimum atomic E-state index is -1.04. The molecule has 150 valence electrons. The van der Waals surface area contributed by atoms with Gasteiger partial charge in [-0.25, -0.2) is 14.1 Å². The lowest BCUT2D eigenvalue weighted by Crippen LogP contribution is -2.54. The van der Waals surface area contributed by atoms with Crippen molar-refractivity contribution >= 4 is 41.2 Å². The quantitative estimate of drug-likeness (QED) is 0.593. The maximum Gasteiger partial charge on any atom is 0.336 e. The summed E-state index contributed by atoms with van der Waals surface area (Å²) in [6.07, 6.45) is 1.24. The number of hydrogen-bond donors (Lipinski definition) is 1. The van der Waals surface area contributed by atoms with Crippen LogP contribution >= 0.6 is 11.6 Å². The summed E-state index contributed by atoms with van der Waals surface area (Å²) >= 11 is 6.22. The third-order valence-corrected chi connectivity index (χ3v) is 4.33. The number of barbiturate groups is 1. The first-order chi connectivity index (χ1) is 13.9. The molecule has 1 heterocycles. The summed E-state index contributed by atoms with van der Waals surface area (Å²) in [5.74, 6) is -2.03. The van der Waals surface area contributed by atoms with E-state index in [2.05, 4.69) is 0 Å². The van der Waals surface area contributed by atoms with Gasteiger partial charge in [0.2, 0.25) is 0 Å². The molecule has 3 rings (SSSR count). The molecule has 29 heavy (non-hydrogen) atoms. The van der Waals surface area contributed by atoms with Crippen LogP contribution in [0.3, 0.4) is 0 Å². The number of nitrogens with zero attached hydrogens (tertiary/aromatic N) is 1. The summed E-state index contributed by atoms with van der Waals surface area (Å²) < 4.78 is 24.8. The third kappa shape index (κ3) is 3.93. The standard InChI is InChI=1S/C20H16ClFN2O5/c1-3-29-17-13(21)9-11(10-16(17)28-2)8-12-18(25)23-20(27)24(19(12)26)15-7-5-4-6-14(15)22/h4-10H,3H2,1-2H3,(H,23,25,27)/b12-8-. The predicted octanol–water partition coefficient (Wildman–Crippen LogP) is 3.55. The number of methoxy groups -OCH3 is 1. The first-order valence-electron chi connectivity index (χ1n) is 8.53. The molecule has 4 amide bonds. The third-order valence-electron chi connectivity index (χ3n) is 4.05. The number of benzene rings is 2. The number of nitrogens with one attached hydrogen (secondary N) is 1. The van der Waals surface area contributed by atoms with Crippen LogP contribution in [0, 0.1) is 5.82 Å². The molecular weight excluding hydrogens is 403 g/mol. The van der Waals surface area contributed by atoms with E-state index in [4.69, 9.17) is 21.1 Å². The number of urea groups is 1. The van der Waals surface area contributed by atoms with Crippen molar-refractivity contribution in [1.29, 1.82) is 0 Å². The van der Waals surface area contributed by atoms with Crippen LogP contribution in [0.15, 0.2) is 42.0 Å². The van der Waals surface area contributed by atoms with E-state index in [1.807, 2.05) is 5.32 Å². The van der Waals surface area contributed by atoms with Gasteiger partial charge < -0.3 is 9.47 Å². The van der Waals surface area contributed by atoms with E-state index < -0.39 is 23.7 Å². The van der Waals surface area contributed by atoms with Crippen LogP contribution in [0.5, 0.6) is 11.5 Å². The average molecular weight is 419 g/mol. The normalized spacial score (nSPS) is 15.5. The zero-order chi connectivity index (χ0) is 21.1. The van der Waals surface area contributed by atoms with E-state index in [1.165, 1.54) is 43.5 Å². The fourth-order valence-electron chi connectivity index (χ4n) is 2.78. The van der Waals surface area contributed by atoms with Gasteiger partial charge in [-0.15, -0.1) is 0 Å². The summed E-state index contributed by atoms with van der Waals surface area (Å²) in [5.41, 5.74) is -0.275. The van der Waals surface area contributed by atoms with Crippen molar-refractivity contribution in [3.8, 4) is 11.5 Å². The molecule has 0 radical (unpaired) electrons. The molecule has 0 aliphatic carbocycles. The van der Waals surface area contributed by atoms with Gasteiger partial charge in [0, 0.05) is 0 Å². The fourth-order valence-corrected chi connectivity index (χ4v) is 3.06. The summed E-state index contributed by atoms with van der Waals surface area (Å²) in [5, 5.41) is 2.25. The molecule has 0 unspecified atom stereocenters. The van der Waals surface area contributed by atoms with Gasteiger partial charge in [-0.1, -0.05) is 23.7 Å². The highest BCUT2D eigenvalue weighted by atomic mass is 35.5. The smallest absolute Gasteiger partial charge is 0.336 e. The molecule has 2 aromatic rings. The zero-order valence-electron chi connectivity index (χ0n) is 15.5. The number of anilines is 1. The Kier molecular flexibility index (Phi) is 5.84. The lowest BCUT2D eigenvalue weighted by Gasteiger charge is -2.26. The minimum absolute atomic E-state index is 0.212. The summed E-state index contributed by atoms with van der Waals surface area (Å²) in [6.45, 7) is 2.14. The highest BCUT2D eigenvalue weighted by Crippen LogP contribution is 2.37. The monoisotopic (exact) mass is 418 g/mol. The lowest BCUT2D eigenvalue weighted by atomic mass is 10.1. The minimum Gasteiger partial charge on any atom is -0.493 e. The molecule has 1 saturated heterocycles. The molecule has 9 heteroatoms. The van der Waals surface area contributed by atoms with Crippen molar-refractivity contribution in [3.63, 3.8) is 0 Å². The Morgan fingerprint density at radius 3 is 2.59 bits per heavy atom. The van der Waals surface area contributed by atoms with E-state index in [0.717, 1.165) is 6.07 Å². The van der Waals surface area contributed by atoms with E-state index in [0.29, 0.717) is 28.6 Å². The van der Waals surface area contributed by atoms with Gasteiger partial charge in [-0.3, -0.25) is 14.9 Å². The number of halogens is 2. The number of carbonyl (C=O) groups is 3. The molecule has 1 aliphatic heterocycles. The van der Waals surface area contributed by atoms with Crippen LogP contribution in [-0.4, -0.2) is 31.6 Å². The van der Waals surface area contributed by atoms with Crippen molar-refractivity contribution < 1.29 is 28.2 Å². The van der Waals surface area contributed by atoms with Crippen molar-refractivity contribution in [1.82, 2.24) is 5.32 Å². The van der Waals surface area contributed by atoms with Crippen molar-refractivity contribution in [2.75, 3.05) is 18.6 Å². The second-order valence-corrected chi connectivity index (χ2v) is 6.28. The average Bonchev–Trinajstić information content (AvgIpc) is 2.68. The SMILES string of the molecule is CCOc1c(Cl)cc(/C=C2/C(=O)NC(=O)N(c3ccccc3F)C2=O)cc1OC. The van der Waals surface area contributed by atoms with Crippen molar-refractivity contribution in [3.05, 3.63) is 58.4 Å². The van der Waals surface area contributed by atoms with Crippen LogP contribution in [0.25, 0.3) is 6.08 Å². The molecular formula is C20H16ClFN2O5. The van der Waals surface area contributed by atoms with Gasteiger partial charge >= 0.3 is 6.03 Å². The number of rotatable bonds is 5. The molecule has 1 N–H and O–H groups in total. The maximum atomic E-state index is 14.1. The number of imide groups is 2. The van der Waals surface area contributed by atoms with Gasteiger partial charge in [-0.05, 0) is 42.8 Å². The Balaban J connectivity index is 2.05. The summed E-state index contributed by atoms with van der Waals surface area (Å²) in [4.78, 5) is 37.8. The Hall–Kier alpha value is -3.39. The molecule has 7 nitrogen and oxygen atoms in total. The van der Waals surface area contributed by atoms with E-state index in [1.54, 1.807) is 6.92 Å². The van der Waals surface area contributed by atoms with Crippen LogP contribution < -0.4 is 19.7 Å². The van der Waals surface area contributed by atoms with E-state index >= 15 is 0 Å². The fraction of sp³-hybridized carbons (Fsp3) is 0.150. The van der Waals surface area contributed by atoms with Gasteiger partial charge in [0.05, 0.1) is 24.4 Å². The van der Waals surface area contributed by atoms with Crippen LogP contribution in [0.1, 0.15) is 12.5 Å². The number of hydrogen-bond acceptors (Lipinski definition) is 5. The Morgan fingerprint density at radius 1 is 1.21 bits per heavy atom. The molecule has 0 atom stereocenters. The predicted molar refractivity (Wildman–Crippen MR) is 105 cm³/mol. The van der Waals surface area contributed by atoms with Gasteiger partial charge in [0.25, 0.3) is 11.8 Å². The van der Waals surface area contributed by atoms with Gasteiger partial charge in [-0.2, -0.15) is 0 Å². The van der Waals surface area contributed by atoms with Gasteiger partial charge in [0.1, 0.15) is 11.4 Å². The summed E-state index contributed by atoms with van der Waals surface area (Å²) in [6, 6.07) is 7.21. The highest BCUT2D eigenvalue weighted by molar-refractivity contribution is 6.39. The number of ether oxygens (including phenoxy) is 2. The molecule has 1 fully saturated rings. The van der Waals surface area contributed by atoms with E-state index in [-0.39, 0.29) is 16.3 Å². The van der Waals surface area contributed by atoms with Crippen molar-refractivity contribution in [2.24, 2.45) is 0 Å². The molecule has 0 saturated carbocycles. The first kappa shape index (κ1) is 20.3. The Labute approximate surface area is 170 Å². The summed E-state index contributed by atoms with van der Waals surface area (Å²) in [7, 11) is 1.42. The molecule has 1 aliphatic rings. The maximum absolute atomic E-state index is 14.1. The van der Waals surface area contributed by atoms with Crippen molar-refractivity contribution in [2.45, 2.75) is 6.92 Å². The Bertz CT molecular complexity index is 1040. The highest BCUT2D eigenvalue weighted by Gasteiger charge is 2.38. The lowest BCUT2D eigenvalue weighted by molar-refractivity contribution is -0.122. The largest absolute Gasteiger partial charge is 0.493 e. The Morgan fingerprint density at radius 2 is 1.93 bits per heavy atom. The number of para-hydroxylation sites is 1. The van der Waals surface area contributed by atoms with Crippen LogP contribution in [-0.2, 0) is 9.59 Å². The van der Waals surface area contributed by atoms with Crippen LogP contribution in [0.4, 0.5) is 14.9 Å².